The molecule has 2 aromatic rings. The number of rotatable bonds is 4. The van der Waals surface area contributed by atoms with Crippen molar-refractivity contribution < 1.29 is 17.9 Å². The third-order valence-electron chi connectivity index (χ3n) is 6.46. The number of anilines is 1. The Kier molecular flexibility index (Phi) is 4.76. The topological polar surface area (TPSA) is 59.1 Å². The lowest BCUT2D eigenvalue weighted by molar-refractivity contribution is 0.122. The quantitative estimate of drug-likeness (QED) is 0.769. The molecule has 0 unspecified atom stereocenters. The highest BCUT2D eigenvalue weighted by atomic mass is 32.2. The highest BCUT2D eigenvalue weighted by Gasteiger charge is 2.44. The maximum Gasteiger partial charge on any atom is 0.243 e. The molecular formula is C22H26N2O4S. The van der Waals surface area contributed by atoms with Gasteiger partial charge in [-0.2, -0.15) is 4.31 Å². The summed E-state index contributed by atoms with van der Waals surface area (Å²) in [5, 5.41) is 0. The number of sulfonamides is 1. The van der Waals surface area contributed by atoms with Gasteiger partial charge >= 0.3 is 0 Å². The van der Waals surface area contributed by atoms with E-state index in [2.05, 4.69) is 23.1 Å². The van der Waals surface area contributed by atoms with Gasteiger partial charge in [0.05, 0.1) is 31.3 Å². The summed E-state index contributed by atoms with van der Waals surface area (Å²) < 4.78 is 39.2. The van der Waals surface area contributed by atoms with Gasteiger partial charge < -0.3 is 14.4 Å². The summed E-state index contributed by atoms with van der Waals surface area (Å²) in [7, 11) is -1.98. The molecule has 2 atom stereocenters. The largest absolute Gasteiger partial charge is 0.497 e. The van der Waals surface area contributed by atoms with Crippen molar-refractivity contribution in [3.8, 4) is 5.75 Å². The first-order valence-corrected chi connectivity index (χ1v) is 11.6. The van der Waals surface area contributed by atoms with Crippen LogP contribution in [-0.4, -0.2) is 52.7 Å². The second-order valence-electron chi connectivity index (χ2n) is 7.94. The number of nitrogens with zero attached hydrogens (tertiary/aromatic N) is 2. The average Bonchev–Trinajstić information content (AvgIpc) is 3.05. The fourth-order valence-electron chi connectivity index (χ4n) is 4.92. The fraction of sp³-hybridized carbons (Fsp3) is 0.455. The predicted molar refractivity (Wildman–Crippen MR) is 111 cm³/mol. The molecule has 5 rings (SSSR count). The first-order chi connectivity index (χ1) is 14.1. The highest BCUT2D eigenvalue weighted by Crippen LogP contribution is 2.51. The third-order valence-corrected chi connectivity index (χ3v) is 8.39. The number of benzene rings is 2. The van der Waals surface area contributed by atoms with Crippen molar-refractivity contribution >= 4 is 15.7 Å². The molecule has 2 aliphatic heterocycles. The Morgan fingerprint density at radius 3 is 2.48 bits per heavy atom. The molecule has 0 spiro atoms. The average molecular weight is 415 g/mol. The van der Waals surface area contributed by atoms with Gasteiger partial charge in [0.25, 0.3) is 0 Å². The van der Waals surface area contributed by atoms with Gasteiger partial charge in [-0.25, -0.2) is 8.42 Å². The highest BCUT2D eigenvalue weighted by molar-refractivity contribution is 7.89. The molecule has 0 radical (unpaired) electrons. The molecule has 2 fully saturated rings. The zero-order valence-corrected chi connectivity index (χ0v) is 17.4. The van der Waals surface area contributed by atoms with E-state index in [1.54, 1.807) is 35.7 Å². The van der Waals surface area contributed by atoms with Crippen molar-refractivity contribution in [3.05, 3.63) is 53.6 Å². The molecule has 0 amide bonds. The van der Waals surface area contributed by atoms with E-state index in [-0.39, 0.29) is 6.04 Å². The Morgan fingerprint density at radius 2 is 1.76 bits per heavy atom. The van der Waals surface area contributed by atoms with Crippen molar-refractivity contribution in [2.75, 3.05) is 44.9 Å². The lowest BCUT2D eigenvalue weighted by Gasteiger charge is -2.33. The molecule has 2 bridgehead atoms. The van der Waals surface area contributed by atoms with Crippen LogP contribution < -0.4 is 9.64 Å². The summed E-state index contributed by atoms with van der Waals surface area (Å²) >= 11 is 0. The number of methoxy groups -OCH3 is 1. The minimum absolute atomic E-state index is 0.0863. The second-order valence-corrected chi connectivity index (χ2v) is 9.83. The minimum atomic E-state index is -3.56. The molecule has 7 heteroatoms. The van der Waals surface area contributed by atoms with Gasteiger partial charge in [0.1, 0.15) is 5.75 Å². The van der Waals surface area contributed by atoms with Crippen molar-refractivity contribution in [3.63, 3.8) is 0 Å². The summed E-state index contributed by atoms with van der Waals surface area (Å²) in [6, 6.07) is 13.2. The lowest BCUT2D eigenvalue weighted by Crippen LogP contribution is -2.38. The van der Waals surface area contributed by atoms with Crippen molar-refractivity contribution in [1.29, 1.82) is 0 Å². The van der Waals surface area contributed by atoms with Crippen LogP contribution in [0, 0.1) is 0 Å². The number of hydrogen-bond acceptors (Lipinski definition) is 5. The van der Waals surface area contributed by atoms with Crippen LogP contribution in [0.15, 0.2) is 47.4 Å². The molecule has 0 saturated carbocycles. The lowest BCUT2D eigenvalue weighted by atomic mass is 9.96. The Balaban J connectivity index is 1.48. The number of fused-ring (bicyclic) bond motifs is 5. The van der Waals surface area contributed by atoms with Crippen LogP contribution in [0.2, 0.25) is 0 Å². The zero-order chi connectivity index (χ0) is 20.0. The Labute approximate surface area is 172 Å². The van der Waals surface area contributed by atoms with E-state index in [0.717, 1.165) is 39.1 Å². The standard InChI is InChI=1S/C22H26N2O4S/c1-27-18-3-5-19(6-4-18)29(25,26)24-9-8-16-14-22(24)21-15-17(2-7-20(16)21)23-10-12-28-13-11-23/h2-7,15-16,22H,8-14H2,1H3/t16-,22+/m1/s1. The minimum Gasteiger partial charge on any atom is -0.497 e. The fourth-order valence-corrected chi connectivity index (χ4v) is 6.55. The molecule has 2 aromatic carbocycles. The summed E-state index contributed by atoms with van der Waals surface area (Å²) in [4.78, 5) is 2.66. The van der Waals surface area contributed by atoms with Gasteiger partial charge in [0.2, 0.25) is 10.0 Å². The van der Waals surface area contributed by atoms with Crippen LogP contribution in [-0.2, 0) is 14.8 Å². The maximum atomic E-state index is 13.4. The normalized spacial score (nSPS) is 24.4. The summed E-state index contributed by atoms with van der Waals surface area (Å²) in [5.41, 5.74) is 3.66. The SMILES string of the molecule is COc1ccc(S(=O)(=O)N2CC[C@@H]3C[C@H]2c2cc(N4CCOCC4)ccc23)cc1. The summed E-state index contributed by atoms with van der Waals surface area (Å²) in [6.07, 6.45) is 1.74. The number of hydrogen-bond donors (Lipinski definition) is 0. The first-order valence-electron chi connectivity index (χ1n) is 10.2. The summed E-state index contributed by atoms with van der Waals surface area (Å²) in [6.45, 7) is 3.79. The molecule has 29 heavy (non-hydrogen) atoms. The van der Waals surface area contributed by atoms with E-state index < -0.39 is 10.0 Å². The smallest absolute Gasteiger partial charge is 0.243 e. The Morgan fingerprint density at radius 1 is 1.00 bits per heavy atom. The van der Waals surface area contributed by atoms with Crippen LogP contribution in [0.5, 0.6) is 5.75 Å². The Hall–Kier alpha value is -2.09. The van der Waals surface area contributed by atoms with Gasteiger partial charge in [0.15, 0.2) is 0 Å². The number of morpholine rings is 1. The molecule has 0 N–H and O–H groups in total. The molecular weight excluding hydrogens is 388 g/mol. The molecule has 1 aliphatic carbocycles. The van der Waals surface area contributed by atoms with Gasteiger partial charge in [-0.3, -0.25) is 0 Å². The van der Waals surface area contributed by atoms with Gasteiger partial charge in [-0.15, -0.1) is 0 Å². The number of piperidine rings is 1. The maximum absolute atomic E-state index is 13.4. The van der Waals surface area contributed by atoms with Crippen LogP contribution in [0.1, 0.15) is 35.9 Å². The molecule has 2 heterocycles. The van der Waals surface area contributed by atoms with Crippen LogP contribution in [0.4, 0.5) is 5.69 Å². The van der Waals surface area contributed by atoms with Crippen molar-refractivity contribution in [1.82, 2.24) is 4.31 Å². The molecule has 0 aromatic heterocycles. The molecule has 6 nitrogen and oxygen atoms in total. The van der Waals surface area contributed by atoms with Gasteiger partial charge in [-0.05, 0) is 66.3 Å². The van der Waals surface area contributed by atoms with Crippen LogP contribution in [0.25, 0.3) is 0 Å². The van der Waals surface area contributed by atoms with E-state index in [4.69, 9.17) is 9.47 Å². The van der Waals surface area contributed by atoms with E-state index >= 15 is 0 Å². The van der Waals surface area contributed by atoms with Gasteiger partial charge in [-0.1, -0.05) is 6.07 Å². The van der Waals surface area contributed by atoms with Crippen molar-refractivity contribution in [2.45, 2.75) is 29.7 Å². The van der Waals surface area contributed by atoms with Crippen LogP contribution in [0.3, 0.4) is 0 Å². The van der Waals surface area contributed by atoms with Crippen molar-refractivity contribution in [2.24, 2.45) is 0 Å². The predicted octanol–water partition coefficient (Wildman–Crippen LogP) is 3.15. The van der Waals surface area contributed by atoms with E-state index in [9.17, 15) is 8.42 Å². The van der Waals surface area contributed by atoms with Gasteiger partial charge in [0, 0.05) is 25.3 Å². The van der Waals surface area contributed by atoms with E-state index in [1.165, 1.54) is 16.8 Å². The second kappa shape index (κ2) is 7.31. The zero-order valence-electron chi connectivity index (χ0n) is 16.6. The first kappa shape index (κ1) is 18.9. The van der Waals surface area contributed by atoms with E-state index in [0.29, 0.717) is 23.1 Å². The molecule has 3 aliphatic rings. The van der Waals surface area contributed by atoms with Crippen LogP contribution >= 0.6 is 0 Å². The summed E-state index contributed by atoms with van der Waals surface area (Å²) in [5.74, 6) is 1.11. The molecule has 154 valence electrons. The van der Waals surface area contributed by atoms with E-state index in [1.807, 2.05) is 0 Å². The molecule has 2 saturated heterocycles. The monoisotopic (exact) mass is 414 g/mol. The number of ether oxygens (including phenoxy) is 2. The Bertz CT molecular complexity index is 1000. The third kappa shape index (κ3) is 3.21.